The zero-order chi connectivity index (χ0) is 21.3. The average Bonchev–Trinajstić information content (AvgIpc) is 3.36. The summed E-state index contributed by atoms with van der Waals surface area (Å²) < 4.78 is 13.2. The standard InChI is InChI=1S/C23H24N4O4/c28-21(19-16-24-27-11-5-4-8-20(19)27)25-12-9-23(10-13-25)17-26(22(29)31-23)14-15-30-18-6-2-1-3-7-18/h1-8,11,16H,9-10,12-15,17H2. The van der Waals surface area contributed by atoms with Crippen molar-refractivity contribution in [2.75, 3.05) is 32.8 Å². The molecule has 2 saturated heterocycles. The lowest BCUT2D eigenvalue weighted by molar-refractivity contribution is 0.00319. The van der Waals surface area contributed by atoms with Gasteiger partial charge in [0.1, 0.15) is 18.0 Å². The lowest BCUT2D eigenvalue weighted by Gasteiger charge is -2.37. The van der Waals surface area contributed by atoms with Gasteiger partial charge in [0.05, 0.1) is 30.4 Å². The van der Waals surface area contributed by atoms with Gasteiger partial charge in [-0.05, 0) is 24.3 Å². The maximum absolute atomic E-state index is 13.0. The van der Waals surface area contributed by atoms with Crippen LogP contribution in [0.5, 0.6) is 5.75 Å². The maximum Gasteiger partial charge on any atom is 0.410 e. The SMILES string of the molecule is O=C1OC2(CCN(C(=O)c3cnn4ccccc34)CC2)CN1CCOc1ccccc1. The highest BCUT2D eigenvalue weighted by molar-refractivity contribution is 6.00. The summed E-state index contributed by atoms with van der Waals surface area (Å²) in [7, 11) is 0. The van der Waals surface area contributed by atoms with Gasteiger partial charge in [-0.15, -0.1) is 0 Å². The molecule has 8 nitrogen and oxygen atoms in total. The minimum atomic E-state index is -0.526. The number of aromatic nitrogens is 2. The highest BCUT2D eigenvalue weighted by Gasteiger charge is 2.47. The van der Waals surface area contributed by atoms with Gasteiger partial charge in [0.25, 0.3) is 5.91 Å². The van der Waals surface area contributed by atoms with Crippen LogP contribution in [0, 0.1) is 0 Å². The van der Waals surface area contributed by atoms with E-state index in [0.29, 0.717) is 51.2 Å². The third kappa shape index (κ3) is 3.81. The number of rotatable bonds is 5. The van der Waals surface area contributed by atoms with E-state index < -0.39 is 5.60 Å². The number of nitrogens with zero attached hydrogens (tertiary/aromatic N) is 4. The summed E-state index contributed by atoms with van der Waals surface area (Å²) in [6.45, 7) is 2.51. The van der Waals surface area contributed by atoms with Crippen molar-refractivity contribution in [2.24, 2.45) is 0 Å². The van der Waals surface area contributed by atoms with Crippen molar-refractivity contribution >= 4 is 17.5 Å². The number of ether oxygens (including phenoxy) is 2. The van der Waals surface area contributed by atoms with Crippen LogP contribution in [0.3, 0.4) is 0 Å². The van der Waals surface area contributed by atoms with Crippen LogP contribution in [-0.2, 0) is 4.74 Å². The van der Waals surface area contributed by atoms with E-state index in [1.54, 1.807) is 15.6 Å². The lowest BCUT2D eigenvalue weighted by atomic mass is 9.91. The Labute approximate surface area is 180 Å². The van der Waals surface area contributed by atoms with Crippen LogP contribution in [-0.4, -0.2) is 69.8 Å². The van der Waals surface area contributed by atoms with Gasteiger partial charge in [-0.25, -0.2) is 9.31 Å². The molecule has 160 valence electrons. The molecule has 2 aliphatic rings. The number of hydrogen-bond donors (Lipinski definition) is 0. The van der Waals surface area contributed by atoms with Crippen LogP contribution in [0.1, 0.15) is 23.2 Å². The molecule has 0 bridgehead atoms. The number of carbonyl (C=O) groups excluding carboxylic acids is 2. The molecule has 1 spiro atoms. The fourth-order valence-corrected chi connectivity index (χ4v) is 4.30. The summed E-state index contributed by atoms with van der Waals surface area (Å²) in [4.78, 5) is 28.9. The van der Waals surface area contributed by atoms with Gasteiger partial charge in [0.15, 0.2) is 0 Å². The van der Waals surface area contributed by atoms with Gasteiger partial charge in [-0.1, -0.05) is 24.3 Å². The molecule has 31 heavy (non-hydrogen) atoms. The van der Waals surface area contributed by atoms with Crippen LogP contribution < -0.4 is 4.74 Å². The third-order valence-electron chi connectivity index (χ3n) is 6.03. The summed E-state index contributed by atoms with van der Waals surface area (Å²) in [6, 6.07) is 15.2. The Morgan fingerprint density at radius 2 is 1.87 bits per heavy atom. The highest BCUT2D eigenvalue weighted by Crippen LogP contribution is 2.33. The smallest absolute Gasteiger partial charge is 0.410 e. The number of fused-ring (bicyclic) bond motifs is 1. The molecule has 2 aliphatic heterocycles. The van der Waals surface area contributed by atoms with Gasteiger partial charge in [0.2, 0.25) is 0 Å². The first-order valence-electron chi connectivity index (χ1n) is 10.5. The van der Waals surface area contributed by atoms with Crippen molar-refractivity contribution < 1.29 is 19.1 Å². The fourth-order valence-electron chi connectivity index (χ4n) is 4.30. The second kappa shape index (κ2) is 7.94. The molecule has 3 aromatic rings. The number of carbonyl (C=O) groups is 2. The summed E-state index contributed by atoms with van der Waals surface area (Å²) in [5.41, 5.74) is 0.867. The quantitative estimate of drug-likeness (QED) is 0.634. The van der Waals surface area contributed by atoms with Gasteiger partial charge < -0.3 is 19.3 Å². The number of benzene rings is 1. The van der Waals surface area contributed by atoms with E-state index in [0.717, 1.165) is 11.3 Å². The summed E-state index contributed by atoms with van der Waals surface area (Å²) in [5, 5.41) is 4.26. The Bertz CT molecular complexity index is 1090. The van der Waals surface area contributed by atoms with E-state index in [4.69, 9.17) is 9.47 Å². The molecule has 4 heterocycles. The number of amides is 2. The maximum atomic E-state index is 13.0. The largest absolute Gasteiger partial charge is 0.492 e. The van der Waals surface area contributed by atoms with Crippen LogP contribution in [0.4, 0.5) is 4.79 Å². The number of piperidine rings is 1. The van der Waals surface area contributed by atoms with E-state index in [2.05, 4.69) is 5.10 Å². The monoisotopic (exact) mass is 420 g/mol. The van der Waals surface area contributed by atoms with Crippen LogP contribution >= 0.6 is 0 Å². The van der Waals surface area contributed by atoms with Crippen molar-refractivity contribution in [1.29, 1.82) is 0 Å². The zero-order valence-electron chi connectivity index (χ0n) is 17.1. The highest BCUT2D eigenvalue weighted by atomic mass is 16.6. The molecular weight excluding hydrogens is 396 g/mol. The Morgan fingerprint density at radius 1 is 1.10 bits per heavy atom. The van der Waals surface area contributed by atoms with Crippen LogP contribution in [0.25, 0.3) is 5.52 Å². The molecule has 0 unspecified atom stereocenters. The molecule has 5 rings (SSSR count). The average molecular weight is 420 g/mol. The van der Waals surface area contributed by atoms with Crippen molar-refractivity contribution in [1.82, 2.24) is 19.4 Å². The van der Waals surface area contributed by atoms with Crippen LogP contribution in [0.2, 0.25) is 0 Å². The molecule has 0 radical (unpaired) electrons. The molecular formula is C23H24N4O4. The van der Waals surface area contributed by atoms with E-state index in [1.165, 1.54) is 0 Å². The second-order valence-electron chi connectivity index (χ2n) is 8.01. The number of likely N-dealkylation sites (tertiary alicyclic amines) is 1. The Kier molecular flexibility index (Phi) is 4.97. The number of hydrogen-bond acceptors (Lipinski definition) is 5. The predicted molar refractivity (Wildman–Crippen MR) is 113 cm³/mol. The molecule has 8 heteroatoms. The summed E-state index contributed by atoms with van der Waals surface area (Å²) in [6.07, 6.45) is 4.39. The number of pyridine rings is 1. The minimum absolute atomic E-state index is 0.0338. The first-order chi connectivity index (χ1) is 15.1. The molecule has 2 fully saturated rings. The molecule has 0 saturated carbocycles. The molecule has 2 aromatic heterocycles. The van der Waals surface area contributed by atoms with Crippen molar-refractivity contribution in [2.45, 2.75) is 18.4 Å². The first-order valence-corrected chi connectivity index (χ1v) is 10.5. The van der Waals surface area contributed by atoms with E-state index in [9.17, 15) is 9.59 Å². The van der Waals surface area contributed by atoms with Gasteiger partial charge in [0, 0.05) is 32.1 Å². The molecule has 0 N–H and O–H groups in total. The molecule has 0 aliphatic carbocycles. The Morgan fingerprint density at radius 3 is 2.68 bits per heavy atom. The van der Waals surface area contributed by atoms with E-state index >= 15 is 0 Å². The molecule has 0 atom stereocenters. The zero-order valence-corrected chi connectivity index (χ0v) is 17.1. The van der Waals surface area contributed by atoms with Crippen molar-refractivity contribution in [3.63, 3.8) is 0 Å². The van der Waals surface area contributed by atoms with Gasteiger partial charge in [-0.2, -0.15) is 5.10 Å². The van der Waals surface area contributed by atoms with Gasteiger partial charge >= 0.3 is 6.09 Å². The van der Waals surface area contributed by atoms with E-state index in [-0.39, 0.29) is 12.0 Å². The predicted octanol–water partition coefficient (Wildman–Crippen LogP) is 2.84. The Hall–Kier alpha value is -3.55. The molecule has 1 aromatic carbocycles. The number of para-hydroxylation sites is 1. The molecule has 2 amide bonds. The summed E-state index contributed by atoms with van der Waals surface area (Å²) >= 11 is 0. The van der Waals surface area contributed by atoms with Crippen molar-refractivity contribution in [3.8, 4) is 5.75 Å². The summed E-state index contributed by atoms with van der Waals surface area (Å²) in [5.74, 6) is 0.748. The fraction of sp³-hybridized carbons (Fsp3) is 0.348. The van der Waals surface area contributed by atoms with Gasteiger partial charge in [-0.3, -0.25) is 4.79 Å². The third-order valence-corrected chi connectivity index (χ3v) is 6.03. The normalized spacial score (nSPS) is 17.9. The second-order valence-corrected chi connectivity index (χ2v) is 8.01. The minimum Gasteiger partial charge on any atom is -0.492 e. The van der Waals surface area contributed by atoms with Crippen LogP contribution in [0.15, 0.2) is 60.9 Å². The lowest BCUT2D eigenvalue weighted by Crippen LogP contribution is -2.48. The van der Waals surface area contributed by atoms with E-state index in [1.807, 2.05) is 59.6 Å². The topological polar surface area (TPSA) is 76.4 Å². The Balaban J connectivity index is 1.17. The first kappa shape index (κ1) is 19.4. The van der Waals surface area contributed by atoms with Crippen molar-refractivity contribution in [3.05, 3.63) is 66.5 Å².